The van der Waals surface area contributed by atoms with E-state index in [9.17, 15) is 23.1 Å². The zero-order valence-corrected chi connectivity index (χ0v) is 29.8. The number of aromatic nitrogens is 4. The Morgan fingerprint density at radius 1 is 1.07 bits per heavy atom. The summed E-state index contributed by atoms with van der Waals surface area (Å²) in [5.74, 6) is -3.88. The summed E-state index contributed by atoms with van der Waals surface area (Å²) < 4.78 is 83.5. The number of phenols is 1. The molecular formula is C40H36F5N7O3. The fourth-order valence-electron chi connectivity index (χ4n) is 9.96. The molecular weight excluding hydrogens is 721 g/mol. The number of terminal acetylenes is 1. The lowest BCUT2D eigenvalue weighted by Crippen LogP contribution is -2.56. The van der Waals surface area contributed by atoms with Gasteiger partial charge in [0.2, 0.25) is 5.91 Å². The molecule has 1 saturated carbocycles. The first kappa shape index (κ1) is 34.3. The maximum atomic E-state index is 17.7. The van der Waals surface area contributed by atoms with Gasteiger partial charge >= 0.3 is 6.01 Å². The number of amides is 1. The van der Waals surface area contributed by atoms with E-state index in [1.54, 1.807) is 18.1 Å². The lowest BCUT2D eigenvalue weighted by Gasteiger charge is -2.42. The molecule has 10 nitrogen and oxygen atoms in total. The van der Waals surface area contributed by atoms with Crippen LogP contribution in [-0.2, 0) is 11.8 Å². The minimum Gasteiger partial charge on any atom is -0.508 e. The number of phenolic OH excluding ortho intramolecular Hbond substituents is 1. The second-order valence-electron chi connectivity index (χ2n) is 15.9. The van der Waals surface area contributed by atoms with Crippen LogP contribution in [0, 0.1) is 29.9 Å². The molecule has 0 spiro atoms. The molecule has 4 saturated heterocycles. The summed E-state index contributed by atoms with van der Waals surface area (Å²) in [5, 5.41) is 16.8. The first-order valence-corrected chi connectivity index (χ1v) is 18.6. The van der Waals surface area contributed by atoms with Crippen LogP contribution in [-0.4, -0.2) is 103 Å². The van der Waals surface area contributed by atoms with Crippen molar-refractivity contribution in [2.24, 2.45) is 13.0 Å². The van der Waals surface area contributed by atoms with E-state index in [2.05, 4.69) is 20.9 Å². The summed E-state index contributed by atoms with van der Waals surface area (Å²) in [5.41, 5.74) is -0.586. The number of anilines is 1. The van der Waals surface area contributed by atoms with E-state index in [1.165, 1.54) is 28.9 Å². The molecule has 4 aliphatic heterocycles. The Bertz CT molecular complexity index is 2510. The van der Waals surface area contributed by atoms with Crippen LogP contribution < -0.4 is 9.64 Å². The standard InChI is InChI=1S/C40H36F5N7O3/c1-3-25-29(42)8-5-20-11-24(53)12-26(30(20)25)31-33(43)35-32(27-18-49(2)48-34(27)31)36(47-38(46-35)55-19-39-9-4-10-51(39)15-21(41)13-39)50-16-22-6-7-23(17-50)52(22)37(54)28-14-40(28,44)45/h1,5,8,11-12,18,21-23,28,53H,4,6-7,9-10,13-17,19H2,2H3/t21-,22-,23+,28?,39+/m1/s1. The monoisotopic (exact) mass is 757 g/mol. The van der Waals surface area contributed by atoms with Crippen molar-refractivity contribution in [1.29, 1.82) is 0 Å². The second kappa shape index (κ2) is 11.9. The van der Waals surface area contributed by atoms with Gasteiger partial charge in [0.1, 0.15) is 47.1 Å². The molecule has 2 aromatic heterocycles. The van der Waals surface area contributed by atoms with Crippen molar-refractivity contribution in [3.05, 3.63) is 47.7 Å². The van der Waals surface area contributed by atoms with Gasteiger partial charge in [0.15, 0.2) is 5.82 Å². The minimum atomic E-state index is -2.99. The molecule has 5 aromatic rings. The lowest BCUT2D eigenvalue weighted by molar-refractivity contribution is -0.138. The van der Waals surface area contributed by atoms with Crippen LogP contribution in [0.5, 0.6) is 11.8 Å². The number of piperazine rings is 1. The zero-order chi connectivity index (χ0) is 38.1. The van der Waals surface area contributed by atoms with Crippen molar-refractivity contribution in [1.82, 2.24) is 29.5 Å². The van der Waals surface area contributed by atoms with Crippen LogP contribution in [0.3, 0.4) is 0 Å². The van der Waals surface area contributed by atoms with Gasteiger partial charge in [0.25, 0.3) is 5.92 Å². The first-order valence-electron chi connectivity index (χ1n) is 18.6. The largest absolute Gasteiger partial charge is 0.508 e. The Morgan fingerprint density at radius 3 is 2.56 bits per heavy atom. The number of hydrogen-bond acceptors (Lipinski definition) is 8. The number of halogens is 5. The number of rotatable bonds is 6. The Labute approximate surface area is 311 Å². The number of ether oxygens (including phenoxy) is 1. The van der Waals surface area contributed by atoms with Crippen LogP contribution in [0.2, 0.25) is 0 Å². The maximum absolute atomic E-state index is 17.7. The summed E-state index contributed by atoms with van der Waals surface area (Å²) >= 11 is 0. The topological polar surface area (TPSA) is 99.9 Å². The molecule has 5 aliphatic rings. The number of alkyl halides is 3. The van der Waals surface area contributed by atoms with Crippen LogP contribution in [0.4, 0.5) is 27.8 Å². The summed E-state index contributed by atoms with van der Waals surface area (Å²) in [4.78, 5) is 28.5. The first-order chi connectivity index (χ1) is 26.4. The third kappa shape index (κ3) is 5.16. The number of hydrogen-bond donors (Lipinski definition) is 1. The highest BCUT2D eigenvalue weighted by molar-refractivity contribution is 6.18. The third-order valence-corrected chi connectivity index (χ3v) is 12.5. The van der Waals surface area contributed by atoms with E-state index < -0.39 is 47.5 Å². The molecule has 0 radical (unpaired) electrons. The summed E-state index contributed by atoms with van der Waals surface area (Å²) in [7, 11) is 1.67. The van der Waals surface area contributed by atoms with Gasteiger partial charge in [-0.3, -0.25) is 14.4 Å². The Kier molecular flexibility index (Phi) is 7.41. The number of fused-ring (bicyclic) bond motifs is 7. The van der Waals surface area contributed by atoms with Gasteiger partial charge < -0.3 is 19.6 Å². The molecule has 1 unspecified atom stereocenters. The summed E-state index contributed by atoms with van der Waals surface area (Å²) in [6.07, 6.45) is 9.15. The number of benzene rings is 3. The van der Waals surface area contributed by atoms with Gasteiger partial charge in [0, 0.05) is 74.1 Å². The molecule has 55 heavy (non-hydrogen) atoms. The summed E-state index contributed by atoms with van der Waals surface area (Å²) in [6.45, 7) is 1.62. The zero-order valence-electron chi connectivity index (χ0n) is 29.8. The number of nitrogens with zero attached hydrogens (tertiary/aromatic N) is 7. The average Bonchev–Trinajstić information content (AvgIpc) is 3.49. The van der Waals surface area contributed by atoms with Crippen molar-refractivity contribution in [3.8, 4) is 35.2 Å². The van der Waals surface area contributed by atoms with Crippen molar-refractivity contribution >= 4 is 44.3 Å². The fourth-order valence-corrected chi connectivity index (χ4v) is 9.96. The second-order valence-corrected chi connectivity index (χ2v) is 15.9. The molecule has 1 N–H and O–H groups in total. The molecule has 1 amide bonds. The predicted molar refractivity (Wildman–Crippen MR) is 194 cm³/mol. The number of carbonyl (C=O) groups excluding carboxylic acids is 1. The van der Waals surface area contributed by atoms with Crippen molar-refractivity contribution in [2.75, 3.05) is 37.7 Å². The molecule has 6 heterocycles. The van der Waals surface area contributed by atoms with E-state index >= 15 is 8.78 Å². The molecule has 5 fully saturated rings. The molecule has 1 aliphatic carbocycles. The average molecular weight is 758 g/mol. The lowest BCUT2D eigenvalue weighted by atomic mass is 9.91. The normalized spacial score (nSPS) is 27.0. The van der Waals surface area contributed by atoms with Gasteiger partial charge in [0.05, 0.1) is 16.5 Å². The Balaban J connectivity index is 1.16. The molecule has 2 bridgehead atoms. The summed E-state index contributed by atoms with van der Waals surface area (Å²) in [6, 6.07) is 4.50. The number of carbonyl (C=O) groups is 1. The van der Waals surface area contributed by atoms with Gasteiger partial charge in [-0.25, -0.2) is 22.0 Å². The van der Waals surface area contributed by atoms with E-state index in [4.69, 9.17) is 16.1 Å². The van der Waals surface area contributed by atoms with Crippen LogP contribution in [0.25, 0.3) is 43.7 Å². The molecule has 10 rings (SSSR count). The van der Waals surface area contributed by atoms with Crippen LogP contribution in [0.1, 0.15) is 44.1 Å². The maximum Gasteiger partial charge on any atom is 0.319 e. The van der Waals surface area contributed by atoms with Gasteiger partial charge in [-0.1, -0.05) is 12.0 Å². The highest BCUT2D eigenvalue weighted by Crippen LogP contribution is 2.52. The highest BCUT2D eigenvalue weighted by Gasteiger charge is 2.64. The van der Waals surface area contributed by atoms with Crippen molar-refractivity contribution < 1.29 is 36.6 Å². The Morgan fingerprint density at radius 2 is 1.84 bits per heavy atom. The van der Waals surface area contributed by atoms with Crippen molar-refractivity contribution in [2.45, 2.75) is 68.2 Å². The number of aryl methyl sites for hydroxylation is 1. The predicted octanol–water partition coefficient (Wildman–Crippen LogP) is 6.09. The van der Waals surface area contributed by atoms with Crippen LogP contribution >= 0.6 is 0 Å². The minimum absolute atomic E-state index is 0.0702. The van der Waals surface area contributed by atoms with Crippen LogP contribution in [0.15, 0.2) is 30.5 Å². The molecule has 284 valence electrons. The van der Waals surface area contributed by atoms with Crippen molar-refractivity contribution in [3.63, 3.8) is 0 Å². The smallest absolute Gasteiger partial charge is 0.319 e. The van der Waals surface area contributed by atoms with Gasteiger partial charge in [-0.05, 0) is 61.4 Å². The van der Waals surface area contributed by atoms with Gasteiger partial charge in [-0.15, -0.1) is 6.42 Å². The fraction of sp³-hybridized carbons (Fsp3) is 0.450. The Hall–Kier alpha value is -5.23. The van der Waals surface area contributed by atoms with Gasteiger partial charge in [-0.2, -0.15) is 15.1 Å². The van der Waals surface area contributed by atoms with E-state index in [1.807, 2.05) is 4.90 Å². The van der Waals surface area contributed by atoms with E-state index in [0.29, 0.717) is 47.8 Å². The molecule has 3 aromatic carbocycles. The van der Waals surface area contributed by atoms with E-state index in [-0.39, 0.29) is 76.7 Å². The van der Waals surface area contributed by atoms with E-state index in [0.717, 1.165) is 19.4 Å². The highest BCUT2D eigenvalue weighted by atomic mass is 19.3. The number of aromatic hydroxyl groups is 1. The quantitative estimate of drug-likeness (QED) is 0.164. The third-order valence-electron chi connectivity index (χ3n) is 12.5. The molecule has 5 atom stereocenters. The molecule has 15 heteroatoms. The SMILES string of the molecule is C#Cc1c(F)ccc2cc(O)cc(-c3c(F)c4nc(OC[C@@]56CCCN5C[C@H](F)C6)nc(N5C[C@H]6CC[C@@H](C5)N6C(=O)C5CC5(F)F)c4c4cn(C)nc34)c12.